The molecule has 3 atom stereocenters. The molecule has 2 aliphatic heterocycles. The Labute approximate surface area is 197 Å². The van der Waals surface area contributed by atoms with Crippen molar-refractivity contribution in [2.24, 2.45) is 27.1 Å². The number of ether oxygens (including phenoxy) is 1. The van der Waals surface area contributed by atoms with Gasteiger partial charge in [-0.15, -0.1) is 0 Å². The van der Waals surface area contributed by atoms with Gasteiger partial charge in [-0.3, -0.25) is 9.29 Å². The van der Waals surface area contributed by atoms with Crippen LogP contribution in [0, 0.1) is 11.3 Å². The van der Waals surface area contributed by atoms with Crippen LogP contribution in [0.2, 0.25) is 0 Å². The minimum atomic E-state index is -0.376. The molecular weight excluding hydrogens is 419 g/mol. The van der Waals surface area contributed by atoms with E-state index >= 15 is 0 Å². The molecule has 1 aliphatic carbocycles. The lowest BCUT2D eigenvalue weighted by Gasteiger charge is -2.61. The van der Waals surface area contributed by atoms with Crippen LogP contribution in [0.1, 0.15) is 59.3 Å². The van der Waals surface area contributed by atoms with Crippen molar-refractivity contribution in [2.45, 2.75) is 71.4 Å². The monoisotopic (exact) mass is 458 g/mol. The highest BCUT2D eigenvalue weighted by molar-refractivity contribution is 6.03. The van der Waals surface area contributed by atoms with E-state index in [9.17, 15) is 4.39 Å². The largest absolute Gasteiger partial charge is 0.476 e. The van der Waals surface area contributed by atoms with E-state index in [0.717, 1.165) is 38.3 Å². The molecule has 3 heterocycles. The van der Waals surface area contributed by atoms with Crippen LogP contribution >= 0.6 is 0 Å². The number of nitrogens with zero attached hydrogens (tertiary/aromatic N) is 5. The normalized spacial score (nSPS) is 29.0. The van der Waals surface area contributed by atoms with Crippen LogP contribution in [0.25, 0.3) is 0 Å². The van der Waals surface area contributed by atoms with Gasteiger partial charge in [0.15, 0.2) is 0 Å². The highest BCUT2D eigenvalue weighted by atomic mass is 19.1. The third kappa shape index (κ3) is 5.00. The maximum atomic E-state index is 13.7. The van der Waals surface area contributed by atoms with Gasteiger partial charge in [0.1, 0.15) is 12.4 Å². The first-order valence-corrected chi connectivity index (χ1v) is 12.5. The Morgan fingerprint density at radius 3 is 2.64 bits per heavy atom. The van der Waals surface area contributed by atoms with E-state index in [1.165, 1.54) is 25.7 Å². The quantitative estimate of drug-likeness (QED) is 0.467. The lowest BCUT2D eigenvalue weighted by atomic mass is 9.64. The predicted molar refractivity (Wildman–Crippen MR) is 131 cm³/mol. The maximum Gasteiger partial charge on any atom is 0.222 e. The lowest BCUT2D eigenvalue weighted by Crippen LogP contribution is -2.71. The van der Waals surface area contributed by atoms with Crippen molar-refractivity contribution in [3.63, 3.8) is 0 Å². The number of aromatic nitrogens is 1. The second-order valence-corrected chi connectivity index (χ2v) is 10.0. The summed E-state index contributed by atoms with van der Waals surface area (Å²) in [4.78, 5) is 18.3. The number of guanidine groups is 1. The zero-order valence-electron chi connectivity index (χ0n) is 20.3. The summed E-state index contributed by atoms with van der Waals surface area (Å²) in [6.07, 6.45) is 8.99. The van der Waals surface area contributed by atoms with Crippen LogP contribution in [0.5, 0.6) is 5.88 Å². The molecule has 33 heavy (non-hydrogen) atoms. The smallest absolute Gasteiger partial charge is 0.222 e. The van der Waals surface area contributed by atoms with E-state index < -0.39 is 0 Å². The fraction of sp³-hybridized carbons (Fsp3) is 0.720. The first-order chi connectivity index (χ1) is 15.9. The molecular formula is C25H39FN6O. The number of alkyl halides is 1. The van der Waals surface area contributed by atoms with Crippen molar-refractivity contribution >= 4 is 17.5 Å². The third-order valence-electron chi connectivity index (χ3n) is 8.03. The van der Waals surface area contributed by atoms with E-state index in [4.69, 9.17) is 15.5 Å². The second kappa shape index (κ2) is 10.4. The molecule has 3 fully saturated rings. The van der Waals surface area contributed by atoms with Crippen molar-refractivity contribution in [1.82, 2.24) is 14.8 Å². The molecule has 1 unspecified atom stereocenters. The van der Waals surface area contributed by atoms with Crippen molar-refractivity contribution in [3.8, 4) is 5.88 Å². The van der Waals surface area contributed by atoms with Gasteiger partial charge in [0, 0.05) is 24.7 Å². The molecule has 1 saturated carbocycles. The number of hydrogen-bond donors (Lipinski definition) is 1. The molecule has 182 valence electrons. The molecule has 4 rings (SSSR count). The number of halogens is 1. The third-order valence-corrected chi connectivity index (χ3v) is 8.03. The minimum absolute atomic E-state index is 0.129. The molecule has 0 radical (unpaired) electrons. The fourth-order valence-corrected chi connectivity index (χ4v) is 5.59. The highest BCUT2D eigenvalue weighted by Crippen LogP contribution is 2.49. The van der Waals surface area contributed by atoms with Gasteiger partial charge in [-0.25, -0.2) is 9.98 Å². The second-order valence-electron chi connectivity index (χ2n) is 10.0. The maximum absolute atomic E-state index is 13.7. The van der Waals surface area contributed by atoms with E-state index in [-0.39, 0.29) is 30.0 Å². The highest BCUT2D eigenvalue weighted by Gasteiger charge is 2.57. The Morgan fingerprint density at radius 1 is 1.27 bits per heavy atom. The van der Waals surface area contributed by atoms with Crippen molar-refractivity contribution in [3.05, 3.63) is 18.3 Å². The number of amidine groups is 1. The van der Waals surface area contributed by atoms with Gasteiger partial charge in [0.2, 0.25) is 11.8 Å². The number of aliphatic imine (C=N–C) groups is 2. The Morgan fingerprint density at radius 2 is 2.00 bits per heavy atom. The summed E-state index contributed by atoms with van der Waals surface area (Å²) < 4.78 is 19.5. The molecule has 8 heteroatoms. The number of pyridine rings is 1. The molecule has 1 aromatic rings. The van der Waals surface area contributed by atoms with E-state index in [1.54, 1.807) is 6.20 Å². The SMILES string of the molecule is CC1N(C2CCCC2)C(=NC(N)=Nc2ccc(OCCN3CCCC3)nc2)[C@@]1(C)[C@@H](C)CF. The molecule has 1 aromatic heterocycles. The van der Waals surface area contributed by atoms with Crippen LogP contribution in [0.3, 0.4) is 0 Å². The van der Waals surface area contributed by atoms with E-state index in [0.29, 0.717) is 24.2 Å². The van der Waals surface area contributed by atoms with Gasteiger partial charge in [-0.2, -0.15) is 4.99 Å². The summed E-state index contributed by atoms with van der Waals surface area (Å²) in [6, 6.07) is 4.35. The average Bonchev–Trinajstić information content (AvgIpc) is 3.53. The standard InChI is InChI=1S/C25H39FN6O/c1-18(16-26)25(3)19(2)32(21-8-4-5-9-21)23(25)30-24(27)29-20-10-11-22(28-17-20)33-15-14-31-12-6-7-13-31/h10-11,17-19,21H,4-9,12-16H2,1-3H3,(H2,27,29)/t18-,19?,25-/m0/s1. The van der Waals surface area contributed by atoms with Gasteiger partial charge < -0.3 is 15.4 Å². The lowest BCUT2D eigenvalue weighted by molar-refractivity contribution is 0.0244. The van der Waals surface area contributed by atoms with Crippen LogP contribution in [-0.4, -0.2) is 71.6 Å². The van der Waals surface area contributed by atoms with Crippen LogP contribution in [-0.2, 0) is 0 Å². The molecule has 2 saturated heterocycles. The summed E-state index contributed by atoms with van der Waals surface area (Å²) in [5.74, 6) is 1.52. The minimum Gasteiger partial charge on any atom is -0.476 e. The molecule has 2 N–H and O–H groups in total. The number of hydrogen-bond acceptors (Lipinski definition) is 4. The summed E-state index contributed by atoms with van der Waals surface area (Å²) in [5, 5.41) is 0. The Hall–Kier alpha value is -2.22. The Kier molecular flexibility index (Phi) is 7.51. The topological polar surface area (TPSA) is 79.3 Å². The van der Waals surface area contributed by atoms with Gasteiger partial charge in [0.25, 0.3) is 0 Å². The van der Waals surface area contributed by atoms with E-state index in [2.05, 4.69) is 33.6 Å². The Balaban J connectivity index is 1.44. The van der Waals surface area contributed by atoms with Crippen molar-refractivity contribution in [2.75, 3.05) is 32.9 Å². The van der Waals surface area contributed by atoms with E-state index in [1.807, 2.05) is 19.1 Å². The first-order valence-electron chi connectivity index (χ1n) is 12.5. The molecule has 0 aromatic carbocycles. The summed E-state index contributed by atoms with van der Waals surface area (Å²) in [6.45, 7) is 9.75. The summed E-state index contributed by atoms with van der Waals surface area (Å²) >= 11 is 0. The summed E-state index contributed by atoms with van der Waals surface area (Å²) in [5.41, 5.74) is 6.53. The van der Waals surface area contributed by atoms with Crippen molar-refractivity contribution < 1.29 is 9.13 Å². The van der Waals surface area contributed by atoms with Gasteiger partial charge in [0.05, 0.1) is 24.0 Å². The molecule has 0 bridgehead atoms. The van der Waals surface area contributed by atoms with Gasteiger partial charge in [-0.05, 0) is 57.7 Å². The van der Waals surface area contributed by atoms with Crippen LogP contribution in [0.4, 0.5) is 10.1 Å². The predicted octanol–water partition coefficient (Wildman–Crippen LogP) is 4.16. The summed E-state index contributed by atoms with van der Waals surface area (Å²) in [7, 11) is 0. The zero-order chi connectivity index (χ0) is 23.4. The first kappa shape index (κ1) is 23.9. The molecule has 0 spiro atoms. The van der Waals surface area contributed by atoms with Crippen LogP contribution < -0.4 is 10.5 Å². The van der Waals surface area contributed by atoms with Gasteiger partial charge in [-0.1, -0.05) is 26.7 Å². The van der Waals surface area contributed by atoms with Crippen LogP contribution in [0.15, 0.2) is 28.3 Å². The fourth-order valence-electron chi connectivity index (χ4n) is 5.59. The molecule has 0 amide bonds. The van der Waals surface area contributed by atoms with Crippen molar-refractivity contribution in [1.29, 1.82) is 0 Å². The zero-order valence-corrected chi connectivity index (χ0v) is 20.3. The number of likely N-dealkylation sites (tertiary alicyclic amines) is 2. The molecule has 7 nitrogen and oxygen atoms in total. The average molecular weight is 459 g/mol. The Bertz CT molecular complexity index is 847. The number of nitrogens with two attached hydrogens (primary N) is 1. The number of rotatable bonds is 8. The van der Waals surface area contributed by atoms with Gasteiger partial charge >= 0.3 is 0 Å². The molecule has 3 aliphatic rings.